The number of para-hydroxylation sites is 1. The van der Waals surface area contributed by atoms with Crippen LogP contribution >= 0.6 is 0 Å². The van der Waals surface area contributed by atoms with Crippen LogP contribution in [-0.4, -0.2) is 76.9 Å². The van der Waals surface area contributed by atoms with Crippen LogP contribution in [0, 0.1) is 12.3 Å². The first-order chi connectivity index (χ1) is 18.9. The van der Waals surface area contributed by atoms with Crippen molar-refractivity contribution in [3.63, 3.8) is 0 Å². The molecule has 2 atom stereocenters. The molecule has 1 saturated heterocycles. The van der Waals surface area contributed by atoms with Gasteiger partial charge in [0.15, 0.2) is 0 Å². The quantitative estimate of drug-likeness (QED) is 0.436. The highest BCUT2D eigenvalue weighted by Gasteiger charge is 2.39. The molecule has 212 valence electrons. The zero-order valence-corrected chi connectivity index (χ0v) is 23.6. The Balaban J connectivity index is 1.33. The lowest BCUT2D eigenvalue weighted by molar-refractivity contribution is -0.145. The molecule has 10 heteroatoms. The molecule has 0 spiro atoms. The zero-order chi connectivity index (χ0) is 29.0. The molecule has 3 aromatic rings. The van der Waals surface area contributed by atoms with Gasteiger partial charge in [0, 0.05) is 36.6 Å². The van der Waals surface area contributed by atoms with Gasteiger partial charge in [-0.1, -0.05) is 56.7 Å². The standard InChI is InChI=1S/C30H37N5O5/c1-19-10-12-22(13-11-19)40-29(39)31-17-25(36)34-14-15-35(20(2)18-34)28(38)26(30(3,4)5)33-27(37)24-16-21-8-6-7-9-23(21)32-24/h6-13,16,20,26,32H,14-15,17-18H2,1-5H3,(H,31,39)(H,33,37)/t20-,26+/m0/s1. The van der Waals surface area contributed by atoms with Crippen LogP contribution in [0.4, 0.5) is 4.79 Å². The van der Waals surface area contributed by atoms with Crippen molar-refractivity contribution in [2.45, 2.75) is 46.7 Å². The molecule has 0 radical (unpaired) electrons. The minimum atomic E-state index is -0.769. The number of fused-ring (bicyclic) bond motifs is 1. The predicted octanol–water partition coefficient (Wildman–Crippen LogP) is 3.47. The lowest BCUT2D eigenvalue weighted by atomic mass is 9.85. The lowest BCUT2D eigenvalue weighted by Crippen LogP contribution is -2.62. The van der Waals surface area contributed by atoms with Gasteiger partial charge < -0.3 is 30.2 Å². The Morgan fingerprint density at radius 1 is 1.05 bits per heavy atom. The molecule has 4 amide bonds. The normalized spacial score (nSPS) is 16.4. The van der Waals surface area contributed by atoms with Crippen molar-refractivity contribution >= 4 is 34.7 Å². The summed E-state index contributed by atoms with van der Waals surface area (Å²) in [6.07, 6.45) is -0.710. The van der Waals surface area contributed by atoms with E-state index in [0.29, 0.717) is 31.1 Å². The minimum absolute atomic E-state index is 0.198. The molecule has 4 rings (SSSR count). The van der Waals surface area contributed by atoms with Crippen molar-refractivity contribution in [1.29, 1.82) is 0 Å². The maximum atomic E-state index is 13.7. The number of nitrogens with one attached hydrogen (secondary N) is 3. The molecule has 40 heavy (non-hydrogen) atoms. The van der Waals surface area contributed by atoms with Gasteiger partial charge in [-0.3, -0.25) is 14.4 Å². The first-order valence-corrected chi connectivity index (χ1v) is 13.4. The van der Waals surface area contributed by atoms with Gasteiger partial charge in [0.25, 0.3) is 5.91 Å². The molecule has 0 bridgehead atoms. The summed E-state index contributed by atoms with van der Waals surface area (Å²) in [5.41, 5.74) is 1.73. The van der Waals surface area contributed by atoms with Crippen molar-refractivity contribution in [2.24, 2.45) is 5.41 Å². The summed E-state index contributed by atoms with van der Waals surface area (Å²) in [6, 6.07) is 15.3. The molecule has 10 nitrogen and oxygen atoms in total. The number of benzene rings is 2. The van der Waals surface area contributed by atoms with E-state index in [4.69, 9.17) is 4.74 Å². The van der Waals surface area contributed by atoms with Crippen LogP contribution in [0.5, 0.6) is 5.75 Å². The topological polar surface area (TPSA) is 124 Å². The average molecular weight is 548 g/mol. The van der Waals surface area contributed by atoms with Crippen molar-refractivity contribution < 1.29 is 23.9 Å². The van der Waals surface area contributed by atoms with E-state index in [2.05, 4.69) is 15.6 Å². The third-order valence-corrected chi connectivity index (χ3v) is 7.04. The minimum Gasteiger partial charge on any atom is -0.410 e. The number of amides is 4. The molecular weight excluding hydrogens is 510 g/mol. The fourth-order valence-corrected chi connectivity index (χ4v) is 4.74. The monoisotopic (exact) mass is 547 g/mol. The second kappa shape index (κ2) is 11.8. The van der Waals surface area contributed by atoms with E-state index in [1.807, 2.05) is 71.0 Å². The fraction of sp³-hybridized carbons (Fsp3) is 0.400. The fourth-order valence-electron chi connectivity index (χ4n) is 4.74. The van der Waals surface area contributed by atoms with Crippen LogP contribution in [0.1, 0.15) is 43.7 Å². The number of carbonyl (C=O) groups is 4. The predicted molar refractivity (Wildman–Crippen MR) is 152 cm³/mol. The summed E-state index contributed by atoms with van der Waals surface area (Å²) >= 11 is 0. The summed E-state index contributed by atoms with van der Waals surface area (Å²) in [6.45, 7) is 10.3. The Morgan fingerprint density at radius 3 is 2.40 bits per heavy atom. The molecule has 1 aliphatic heterocycles. The van der Waals surface area contributed by atoms with Gasteiger partial charge in [-0.05, 0) is 43.5 Å². The molecule has 2 aromatic carbocycles. The van der Waals surface area contributed by atoms with E-state index in [9.17, 15) is 19.2 Å². The number of rotatable bonds is 6. The van der Waals surface area contributed by atoms with E-state index in [-0.39, 0.29) is 30.3 Å². The lowest BCUT2D eigenvalue weighted by Gasteiger charge is -2.43. The van der Waals surface area contributed by atoms with Crippen molar-refractivity contribution in [3.8, 4) is 5.75 Å². The van der Waals surface area contributed by atoms with Crippen LogP contribution in [0.2, 0.25) is 0 Å². The molecule has 1 aliphatic rings. The summed E-state index contributed by atoms with van der Waals surface area (Å²) in [4.78, 5) is 58.2. The molecule has 0 saturated carbocycles. The van der Waals surface area contributed by atoms with Gasteiger partial charge in [-0.2, -0.15) is 0 Å². The first kappa shape index (κ1) is 28.7. The number of H-pyrrole nitrogens is 1. The smallest absolute Gasteiger partial charge is 0.410 e. The van der Waals surface area contributed by atoms with Crippen molar-refractivity contribution in [1.82, 2.24) is 25.4 Å². The van der Waals surface area contributed by atoms with Crippen LogP contribution in [0.25, 0.3) is 10.9 Å². The number of carbonyl (C=O) groups excluding carboxylic acids is 4. The van der Waals surface area contributed by atoms with Gasteiger partial charge in [0.05, 0.1) is 0 Å². The summed E-state index contributed by atoms with van der Waals surface area (Å²) < 4.78 is 5.21. The number of aryl methyl sites for hydroxylation is 1. The van der Waals surface area contributed by atoms with Gasteiger partial charge >= 0.3 is 6.09 Å². The summed E-state index contributed by atoms with van der Waals surface area (Å²) in [7, 11) is 0. The maximum absolute atomic E-state index is 13.7. The van der Waals surface area contributed by atoms with E-state index >= 15 is 0 Å². The number of nitrogens with zero attached hydrogens (tertiary/aromatic N) is 2. The highest BCUT2D eigenvalue weighted by Crippen LogP contribution is 2.24. The number of hydrogen-bond donors (Lipinski definition) is 3. The Bertz CT molecular complexity index is 1360. The second-order valence-corrected chi connectivity index (χ2v) is 11.3. The second-order valence-electron chi connectivity index (χ2n) is 11.3. The molecule has 1 aromatic heterocycles. The average Bonchev–Trinajstić information content (AvgIpc) is 3.35. The number of piperazine rings is 1. The molecule has 0 aliphatic carbocycles. The highest BCUT2D eigenvalue weighted by atomic mass is 16.6. The Kier molecular flexibility index (Phi) is 8.46. The van der Waals surface area contributed by atoms with Gasteiger partial charge in [0.1, 0.15) is 24.0 Å². The van der Waals surface area contributed by atoms with Gasteiger partial charge in [-0.15, -0.1) is 0 Å². The van der Waals surface area contributed by atoms with Crippen LogP contribution < -0.4 is 15.4 Å². The number of ether oxygens (including phenoxy) is 1. The molecule has 3 N–H and O–H groups in total. The van der Waals surface area contributed by atoms with E-state index in [0.717, 1.165) is 16.5 Å². The van der Waals surface area contributed by atoms with E-state index < -0.39 is 17.6 Å². The third-order valence-electron chi connectivity index (χ3n) is 7.04. The Morgan fingerprint density at radius 2 is 1.75 bits per heavy atom. The molecule has 1 fully saturated rings. The Hall–Kier alpha value is -4.34. The third kappa shape index (κ3) is 6.80. The molecular formula is C30H37N5O5. The largest absolute Gasteiger partial charge is 0.413 e. The SMILES string of the molecule is Cc1ccc(OC(=O)NCC(=O)N2CCN(C(=O)[C@@H](NC(=O)c3cc4ccccc4[nH]3)C(C)(C)C)[C@@H](C)C2)cc1. The maximum Gasteiger partial charge on any atom is 0.413 e. The first-order valence-electron chi connectivity index (χ1n) is 13.4. The number of aromatic nitrogens is 1. The van der Waals surface area contributed by atoms with Gasteiger partial charge in [-0.25, -0.2) is 4.79 Å². The molecule has 0 unspecified atom stereocenters. The van der Waals surface area contributed by atoms with E-state index in [1.165, 1.54) is 0 Å². The van der Waals surface area contributed by atoms with Crippen molar-refractivity contribution in [2.75, 3.05) is 26.2 Å². The summed E-state index contributed by atoms with van der Waals surface area (Å²) in [5.74, 6) is -0.425. The Labute approximate surface area is 234 Å². The number of aromatic amines is 1. The van der Waals surface area contributed by atoms with Crippen LogP contribution in [0.15, 0.2) is 54.6 Å². The van der Waals surface area contributed by atoms with Crippen molar-refractivity contribution in [3.05, 3.63) is 65.9 Å². The molecule has 2 heterocycles. The summed E-state index contributed by atoms with van der Waals surface area (Å²) in [5, 5.41) is 6.35. The van der Waals surface area contributed by atoms with E-state index in [1.54, 1.807) is 28.0 Å². The van der Waals surface area contributed by atoms with Gasteiger partial charge in [0.2, 0.25) is 11.8 Å². The van der Waals surface area contributed by atoms with Crippen LogP contribution in [-0.2, 0) is 9.59 Å². The number of hydrogen-bond acceptors (Lipinski definition) is 5. The van der Waals surface area contributed by atoms with Crippen LogP contribution in [0.3, 0.4) is 0 Å². The highest BCUT2D eigenvalue weighted by molar-refractivity contribution is 6.00. The zero-order valence-electron chi connectivity index (χ0n) is 23.6.